The molecule has 2 aliphatic rings. The van der Waals surface area contributed by atoms with Crippen molar-refractivity contribution in [1.29, 1.82) is 0 Å². The maximum Gasteiger partial charge on any atom is 0.224 e. The second-order valence-electron chi connectivity index (χ2n) is 5.84. The highest BCUT2D eigenvalue weighted by molar-refractivity contribution is 8.14. The quantitative estimate of drug-likeness (QED) is 0.791. The smallest absolute Gasteiger partial charge is 0.224 e. The van der Waals surface area contributed by atoms with E-state index in [-0.39, 0.29) is 16.3 Å². The van der Waals surface area contributed by atoms with E-state index in [1.165, 1.54) is 11.8 Å². The molecule has 0 aliphatic carbocycles. The van der Waals surface area contributed by atoms with Gasteiger partial charge in [-0.05, 0) is 26.7 Å². The fraction of sp³-hybridized carbons (Fsp3) is 0.857. The molecular formula is C14H24N2O2S. The Labute approximate surface area is 119 Å². The second-order valence-corrected chi connectivity index (χ2v) is 7.32. The molecule has 2 saturated heterocycles. The van der Waals surface area contributed by atoms with Crippen LogP contribution in [0.5, 0.6) is 0 Å². The Morgan fingerprint density at radius 3 is 2.47 bits per heavy atom. The van der Waals surface area contributed by atoms with E-state index in [4.69, 9.17) is 0 Å². The van der Waals surface area contributed by atoms with Crippen LogP contribution in [0.15, 0.2) is 0 Å². The molecule has 0 aromatic rings. The van der Waals surface area contributed by atoms with Crippen molar-refractivity contribution in [3.8, 4) is 0 Å². The van der Waals surface area contributed by atoms with Crippen LogP contribution in [0.1, 0.15) is 40.0 Å². The summed E-state index contributed by atoms with van der Waals surface area (Å²) in [5, 5.41) is 0.294. The summed E-state index contributed by atoms with van der Waals surface area (Å²) in [5.41, 5.74) is 0. The minimum atomic E-state index is 0.120. The van der Waals surface area contributed by atoms with Gasteiger partial charge in [0.05, 0.1) is 0 Å². The van der Waals surface area contributed by atoms with E-state index in [2.05, 4.69) is 18.7 Å². The van der Waals surface area contributed by atoms with Gasteiger partial charge in [-0.25, -0.2) is 0 Å². The van der Waals surface area contributed by atoms with Crippen LogP contribution in [0, 0.1) is 0 Å². The van der Waals surface area contributed by atoms with Crippen molar-refractivity contribution in [3.63, 3.8) is 0 Å². The Hall–Kier alpha value is -0.550. The van der Waals surface area contributed by atoms with E-state index in [9.17, 15) is 9.59 Å². The second kappa shape index (κ2) is 6.27. The highest BCUT2D eigenvalue weighted by Crippen LogP contribution is 2.29. The Balaban J connectivity index is 1.86. The zero-order chi connectivity index (χ0) is 14.0. The van der Waals surface area contributed by atoms with Gasteiger partial charge in [-0.1, -0.05) is 11.8 Å². The molecule has 0 spiro atoms. The topological polar surface area (TPSA) is 40.6 Å². The summed E-state index contributed by atoms with van der Waals surface area (Å²) < 4.78 is 0. The Morgan fingerprint density at radius 1 is 1.32 bits per heavy atom. The molecule has 0 radical (unpaired) electrons. The molecule has 0 aromatic carbocycles. The molecule has 108 valence electrons. The number of hydrogen-bond acceptors (Lipinski definition) is 4. The van der Waals surface area contributed by atoms with Crippen molar-refractivity contribution in [2.75, 3.05) is 19.6 Å². The standard InChI is InChI=1S/C14H24N2O2S/c1-10(2)15-6-4-12(5-7-15)16-9-13(8-14(16)18)19-11(3)17/h10,12-13H,4-9H2,1-3H3. The van der Waals surface area contributed by atoms with Gasteiger partial charge in [-0.15, -0.1) is 0 Å². The number of thioether (sulfide) groups is 1. The first-order valence-corrected chi connectivity index (χ1v) is 8.06. The molecule has 2 heterocycles. The van der Waals surface area contributed by atoms with Crippen molar-refractivity contribution >= 4 is 22.8 Å². The first-order chi connectivity index (χ1) is 8.97. The lowest BCUT2D eigenvalue weighted by Crippen LogP contribution is -2.47. The van der Waals surface area contributed by atoms with E-state index in [0.29, 0.717) is 18.5 Å². The minimum absolute atomic E-state index is 0.120. The molecule has 2 fully saturated rings. The van der Waals surface area contributed by atoms with E-state index in [0.717, 1.165) is 32.5 Å². The van der Waals surface area contributed by atoms with Crippen LogP contribution in [-0.4, -0.2) is 57.8 Å². The fourth-order valence-corrected chi connectivity index (χ4v) is 4.01. The van der Waals surface area contributed by atoms with Gasteiger partial charge in [0.15, 0.2) is 5.12 Å². The summed E-state index contributed by atoms with van der Waals surface area (Å²) in [6.07, 6.45) is 2.68. The molecule has 1 atom stereocenters. The number of nitrogens with zero attached hydrogens (tertiary/aromatic N) is 2. The zero-order valence-corrected chi connectivity index (χ0v) is 12.9. The summed E-state index contributed by atoms with van der Waals surface area (Å²) in [7, 11) is 0. The summed E-state index contributed by atoms with van der Waals surface area (Å²) >= 11 is 1.33. The van der Waals surface area contributed by atoms with E-state index >= 15 is 0 Å². The maximum absolute atomic E-state index is 12.1. The van der Waals surface area contributed by atoms with Crippen LogP contribution < -0.4 is 0 Å². The molecule has 1 amide bonds. The van der Waals surface area contributed by atoms with E-state index in [1.54, 1.807) is 6.92 Å². The predicted octanol–water partition coefficient (Wildman–Crippen LogP) is 1.74. The van der Waals surface area contributed by atoms with Gasteiger partial charge in [-0.3, -0.25) is 9.59 Å². The fourth-order valence-electron chi connectivity index (χ4n) is 3.08. The molecule has 0 bridgehead atoms. The van der Waals surface area contributed by atoms with Gasteiger partial charge in [0, 0.05) is 50.3 Å². The lowest BCUT2D eigenvalue weighted by molar-refractivity contribution is -0.130. The Morgan fingerprint density at radius 2 is 1.95 bits per heavy atom. The van der Waals surface area contributed by atoms with Gasteiger partial charge in [0.25, 0.3) is 0 Å². The van der Waals surface area contributed by atoms with Gasteiger partial charge < -0.3 is 9.80 Å². The Bertz CT molecular complexity index is 351. The molecule has 0 N–H and O–H groups in total. The predicted molar refractivity (Wildman–Crippen MR) is 78.1 cm³/mol. The number of carbonyl (C=O) groups excluding carboxylic acids is 2. The first-order valence-electron chi connectivity index (χ1n) is 7.18. The third-order valence-corrected chi connectivity index (χ3v) is 5.11. The van der Waals surface area contributed by atoms with Crippen LogP contribution in [0.3, 0.4) is 0 Å². The van der Waals surface area contributed by atoms with Crippen molar-refractivity contribution in [3.05, 3.63) is 0 Å². The number of hydrogen-bond donors (Lipinski definition) is 0. The van der Waals surface area contributed by atoms with Crippen LogP contribution in [0.25, 0.3) is 0 Å². The van der Waals surface area contributed by atoms with Gasteiger partial charge >= 0.3 is 0 Å². The third kappa shape index (κ3) is 3.72. The van der Waals surface area contributed by atoms with Crippen LogP contribution in [0.4, 0.5) is 0 Å². The van der Waals surface area contributed by atoms with Gasteiger partial charge in [-0.2, -0.15) is 0 Å². The van der Waals surface area contributed by atoms with Crippen molar-refractivity contribution in [2.24, 2.45) is 0 Å². The van der Waals surface area contributed by atoms with Crippen molar-refractivity contribution in [2.45, 2.75) is 57.4 Å². The minimum Gasteiger partial charge on any atom is -0.338 e. The molecule has 19 heavy (non-hydrogen) atoms. The number of rotatable bonds is 3. The Kier molecular flexibility index (Phi) is 4.90. The molecule has 2 aliphatic heterocycles. The SMILES string of the molecule is CC(=O)SC1CC(=O)N(C2CCN(C(C)C)CC2)C1. The molecule has 0 saturated carbocycles. The van der Waals surface area contributed by atoms with Crippen LogP contribution in [-0.2, 0) is 9.59 Å². The van der Waals surface area contributed by atoms with Crippen molar-refractivity contribution in [1.82, 2.24) is 9.80 Å². The van der Waals surface area contributed by atoms with Crippen LogP contribution in [0.2, 0.25) is 0 Å². The average molecular weight is 284 g/mol. The highest BCUT2D eigenvalue weighted by atomic mass is 32.2. The van der Waals surface area contributed by atoms with E-state index < -0.39 is 0 Å². The van der Waals surface area contributed by atoms with E-state index in [1.807, 2.05) is 4.90 Å². The number of amides is 1. The summed E-state index contributed by atoms with van der Waals surface area (Å²) in [4.78, 5) is 27.7. The molecule has 2 rings (SSSR count). The average Bonchev–Trinajstić information content (AvgIpc) is 2.69. The van der Waals surface area contributed by atoms with Crippen LogP contribution >= 0.6 is 11.8 Å². The molecule has 1 unspecified atom stereocenters. The number of likely N-dealkylation sites (tertiary alicyclic amines) is 2. The summed E-state index contributed by atoms with van der Waals surface area (Å²) in [6, 6.07) is 0.983. The molecule has 4 nitrogen and oxygen atoms in total. The molecule has 5 heteroatoms. The number of piperidine rings is 1. The van der Waals surface area contributed by atoms with Gasteiger partial charge in [0.2, 0.25) is 5.91 Å². The summed E-state index contributed by atoms with van der Waals surface area (Å²) in [6.45, 7) is 8.95. The maximum atomic E-state index is 12.1. The van der Waals surface area contributed by atoms with Gasteiger partial charge in [0.1, 0.15) is 0 Å². The highest BCUT2D eigenvalue weighted by Gasteiger charge is 2.36. The lowest BCUT2D eigenvalue weighted by Gasteiger charge is -2.38. The molecular weight excluding hydrogens is 260 g/mol. The largest absolute Gasteiger partial charge is 0.338 e. The normalized spacial score (nSPS) is 26.4. The summed E-state index contributed by atoms with van der Waals surface area (Å²) in [5.74, 6) is 0.238. The molecule has 0 aromatic heterocycles. The zero-order valence-electron chi connectivity index (χ0n) is 12.1. The number of carbonyl (C=O) groups is 2. The third-order valence-electron chi connectivity index (χ3n) is 4.13. The first kappa shape index (κ1) is 14.9. The van der Waals surface area contributed by atoms with Crippen molar-refractivity contribution < 1.29 is 9.59 Å². The lowest BCUT2D eigenvalue weighted by atomic mass is 10.0. The monoisotopic (exact) mass is 284 g/mol.